The van der Waals surface area contributed by atoms with Gasteiger partial charge in [-0.1, -0.05) is 31.4 Å². The largest absolute Gasteiger partial charge is 0.466 e. The van der Waals surface area contributed by atoms with Crippen LogP contribution < -0.4 is 4.90 Å². The monoisotopic (exact) mass is 351 g/mol. The molecule has 0 aromatic heterocycles. The third-order valence-electron chi connectivity index (χ3n) is 4.85. The lowest BCUT2D eigenvalue weighted by Crippen LogP contribution is -2.15. The van der Waals surface area contributed by atoms with E-state index in [1.165, 1.54) is 43.4 Å². The van der Waals surface area contributed by atoms with Crippen LogP contribution in [0.2, 0.25) is 0 Å². The zero-order valence-electron chi connectivity index (χ0n) is 15.2. The quantitative estimate of drug-likeness (QED) is 0.485. The summed E-state index contributed by atoms with van der Waals surface area (Å²) in [7, 11) is 4.18. The van der Waals surface area contributed by atoms with E-state index < -0.39 is 0 Å². The molecule has 1 aromatic rings. The minimum absolute atomic E-state index is 0.159. The van der Waals surface area contributed by atoms with Crippen LogP contribution >= 0.6 is 11.6 Å². The van der Waals surface area contributed by atoms with E-state index in [1.807, 2.05) is 6.92 Å². The molecule has 0 aliphatic heterocycles. The van der Waals surface area contributed by atoms with Gasteiger partial charge in [0.1, 0.15) is 0 Å². The molecule has 1 saturated carbocycles. The van der Waals surface area contributed by atoms with Crippen LogP contribution in [0.1, 0.15) is 74.3 Å². The number of esters is 1. The van der Waals surface area contributed by atoms with Crippen LogP contribution in [0.5, 0.6) is 0 Å². The van der Waals surface area contributed by atoms with Gasteiger partial charge in [-0.2, -0.15) is 0 Å². The molecule has 1 aromatic carbocycles. The van der Waals surface area contributed by atoms with Gasteiger partial charge < -0.3 is 9.64 Å². The highest BCUT2D eigenvalue weighted by Crippen LogP contribution is 2.39. The van der Waals surface area contributed by atoms with E-state index in [0.29, 0.717) is 25.4 Å². The molecule has 0 heterocycles. The van der Waals surface area contributed by atoms with Crippen molar-refractivity contribution in [2.75, 3.05) is 25.6 Å². The van der Waals surface area contributed by atoms with Gasteiger partial charge in [0.15, 0.2) is 0 Å². The summed E-state index contributed by atoms with van der Waals surface area (Å²) in [4.78, 5) is 13.7. The normalized spacial score (nSPS) is 16.7. The summed E-state index contributed by atoms with van der Waals surface area (Å²) in [5, 5.41) is -0.159. The van der Waals surface area contributed by atoms with Gasteiger partial charge in [0.2, 0.25) is 0 Å². The maximum atomic E-state index is 11.5. The molecule has 0 radical (unpaired) electrons. The van der Waals surface area contributed by atoms with Gasteiger partial charge in [-0.3, -0.25) is 4.79 Å². The van der Waals surface area contributed by atoms with E-state index in [4.69, 9.17) is 16.3 Å². The Kier molecular flexibility index (Phi) is 7.41. The molecular weight excluding hydrogens is 322 g/mol. The van der Waals surface area contributed by atoms with Crippen molar-refractivity contribution in [3.05, 3.63) is 29.3 Å². The number of alkyl halides is 1. The number of anilines is 1. The van der Waals surface area contributed by atoms with Gasteiger partial charge in [0.05, 0.1) is 12.0 Å². The molecule has 0 amide bonds. The maximum Gasteiger partial charge on any atom is 0.305 e. The number of halogens is 1. The number of benzene rings is 1. The predicted octanol–water partition coefficient (Wildman–Crippen LogP) is 5.42. The molecule has 0 spiro atoms. The Morgan fingerprint density at radius 2 is 2.00 bits per heavy atom. The Morgan fingerprint density at radius 3 is 2.62 bits per heavy atom. The van der Waals surface area contributed by atoms with Crippen molar-refractivity contribution in [2.24, 2.45) is 0 Å². The van der Waals surface area contributed by atoms with Gasteiger partial charge in [-0.15, -0.1) is 11.6 Å². The van der Waals surface area contributed by atoms with E-state index in [9.17, 15) is 4.79 Å². The fourth-order valence-corrected chi connectivity index (χ4v) is 3.79. The molecule has 3 nitrogen and oxygen atoms in total. The van der Waals surface area contributed by atoms with Gasteiger partial charge in [-0.05, 0) is 49.3 Å². The highest BCUT2D eigenvalue weighted by atomic mass is 35.5. The summed E-state index contributed by atoms with van der Waals surface area (Å²) in [5.41, 5.74) is 3.79. The zero-order chi connectivity index (χ0) is 17.5. The number of rotatable bonds is 7. The maximum absolute atomic E-state index is 11.5. The third-order valence-corrected chi connectivity index (χ3v) is 5.32. The van der Waals surface area contributed by atoms with Crippen LogP contribution in [-0.2, 0) is 9.53 Å². The summed E-state index contributed by atoms with van der Waals surface area (Å²) in [6, 6.07) is 6.59. The van der Waals surface area contributed by atoms with Crippen LogP contribution in [-0.4, -0.2) is 26.7 Å². The first kappa shape index (κ1) is 19.1. The minimum atomic E-state index is -0.171. The first-order valence-corrected chi connectivity index (χ1v) is 9.57. The lowest BCUT2D eigenvalue weighted by Gasteiger charge is -2.28. The molecule has 0 saturated heterocycles. The lowest BCUT2D eigenvalue weighted by molar-refractivity contribution is -0.143. The standard InChI is InChI=1S/C20H30ClNO2/c1-4-24-20(23)13-12-18(21)16-10-11-17(19(14-16)22(2)3)15-8-6-5-7-9-15/h10-11,14-15,18H,4-9,12-13H2,1-3H3. The minimum Gasteiger partial charge on any atom is -0.466 e. The fraction of sp³-hybridized carbons (Fsp3) is 0.650. The lowest BCUT2D eigenvalue weighted by atomic mass is 9.82. The highest BCUT2D eigenvalue weighted by molar-refractivity contribution is 6.20. The molecule has 1 aliphatic carbocycles. The number of ether oxygens (including phenoxy) is 1. The molecule has 0 bridgehead atoms. The molecule has 1 fully saturated rings. The van der Waals surface area contributed by atoms with E-state index in [0.717, 1.165) is 5.56 Å². The molecule has 1 atom stereocenters. The summed E-state index contributed by atoms with van der Waals surface area (Å²) in [5.74, 6) is 0.494. The van der Waals surface area contributed by atoms with E-state index in [2.05, 4.69) is 37.2 Å². The van der Waals surface area contributed by atoms with Crippen molar-refractivity contribution in [1.29, 1.82) is 0 Å². The van der Waals surface area contributed by atoms with Crippen LogP contribution in [0.3, 0.4) is 0 Å². The second-order valence-electron chi connectivity index (χ2n) is 6.86. The van der Waals surface area contributed by atoms with Crippen molar-refractivity contribution in [1.82, 2.24) is 0 Å². The molecule has 24 heavy (non-hydrogen) atoms. The number of nitrogens with zero attached hydrogens (tertiary/aromatic N) is 1. The van der Waals surface area contributed by atoms with Crippen LogP contribution in [0.4, 0.5) is 5.69 Å². The van der Waals surface area contributed by atoms with Gasteiger partial charge in [0, 0.05) is 26.2 Å². The second-order valence-corrected chi connectivity index (χ2v) is 7.39. The first-order chi connectivity index (χ1) is 11.5. The highest BCUT2D eigenvalue weighted by Gasteiger charge is 2.21. The zero-order valence-corrected chi connectivity index (χ0v) is 15.9. The van der Waals surface area contributed by atoms with Crippen LogP contribution in [0.15, 0.2) is 18.2 Å². The summed E-state index contributed by atoms with van der Waals surface area (Å²) < 4.78 is 4.98. The number of carbonyl (C=O) groups is 1. The average Bonchev–Trinajstić information content (AvgIpc) is 2.60. The second kappa shape index (κ2) is 9.31. The van der Waals surface area contributed by atoms with Crippen molar-refractivity contribution in [3.8, 4) is 0 Å². The van der Waals surface area contributed by atoms with Gasteiger partial charge >= 0.3 is 5.97 Å². The summed E-state index contributed by atoms with van der Waals surface area (Å²) >= 11 is 6.54. The van der Waals surface area contributed by atoms with Crippen LogP contribution in [0, 0.1) is 0 Å². The number of hydrogen-bond donors (Lipinski definition) is 0. The van der Waals surface area contributed by atoms with E-state index >= 15 is 0 Å². The Balaban J connectivity index is 2.11. The Bertz CT molecular complexity index is 538. The van der Waals surface area contributed by atoms with Crippen molar-refractivity contribution >= 4 is 23.3 Å². The van der Waals surface area contributed by atoms with Crippen molar-refractivity contribution in [3.63, 3.8) is 0 Å². The van der Waals surface area contributed by atoms with Gasteiger partial charge in [-0.25, -0.2) is 0 Å². The van der Waals surface area contributed by atoms with E-state index in [-0.39, 0.29) is 11.3 Å². The Hall–Kier alpha value is -1.22. The molecule has 4 heteroatoms. The van der Waals surface area contributed by atoms with Gasteiger partial charge in [0.25, 0.3) is 0 Å². The molecule has 2 rings (SSSR count). The first-order valence-electron chi connectivity index (χ1n) is 9.13. The number of hydrogen-bond acceptors (Lipinski definition) is 3. The predicted molar refractivity (Wildman–Crippen MR) is 101 cm³/mol. The summed E-state index contributed by atoms with van der Waals surface area (Å²) in [6.07, 6.45) is 7.57. The SMILES string of the molecule is CCOC(=O)CCC(Cl)c1ccc(C2CCCCC2)c(N(C)C)c1. The third kappa shape index (κ3) is 5.14. The van der Waals surface area contributed by atoms with Crippen molar-refractivity contribution in [2.45, 2.75) is 63.2 Å². The average molecular weight is 352 g/mol. The van der Waals surface area contributed by atoms with E-state index in [1.54, 1.807) is 0 Å². The molecule has 1 aliphatic rings. The fourth-order valence-electron chi connectivity index (χ4n) is 3.55. The molecule has 0 N–H and O–H groups in total. The van der Waals surface area contributed by atoms with Crippen molar-refractivity contribution < 1.29 is 9.53 Å². The topological polar surface area (TPSA) is 29.5 Å². The smallest absolute Gasteiger partial charge is 0.305 e. The molecular formula is C20H30ClNO2. The molecule has 1 unspecified atom stereocenters. The summed E-state index contributed by atoms with van der Waals surface area (Å²) in [6.45, 7) is 2.25. The number of carbonyl (C=O) groups excluding carboxylic acids is 1. The Morgan fingerprint density at radius 1 is 1.29 bits per heavy atom. The Labute approximate surface area is 151 Å². The van der Waals surface area contributed by atoms with Crippen LogP contribution in [0.25, 0.3) is 0 Å². The molecule has 134 valence electrons.